The number of nitrogens with one attached hydrogen (secondary N) is 3. The average molecular weight is 304 g/mol. The van der Waals surface area contributed by atoms with Gasteiger partial charge >= 0.3 is 6.03 Å². The van der Waals surface area contributed by atoms with E-state index in [1.165, 1.54) is 11.1 Å². The lowest BCUT2D eigenvalue weighted by atomic mass is 10.0. The van der Waals surface area contributed by atoms with E-state index < -0.39 is 0 Å². The van der Waals surface area contributed by atoms with Gasteiger partial charge in [0.1, 0.15) is 0 Å². The molecule has 0 saturated heterocycles. The van der Waals surface area contributed by atoms with Crippen LogP contribution < -0.4 is 15.5 Å². The number of amides is 2. The van der Waals surface area contributed by atoms with Crippen LogP contribution in [0.4, 0.5) is 10.5 Å². The predicted molar refractivity (Wildman–Crippen MR) is 92.7 cm³/mol. The molecule has 0 radical (unpaired) electrons. The minimum atomic E-state index is -0.364. The number of hydrogen-bond donors (Lipinski definition) is 3. The smallest absolute Gasteiger partial charge is 0.321 e. The van der Waals surface area contributed by atoms with Gasteiger partial charge in [-0.3, -0.25) is 10.7 Å². The molecule has 122 valence electrons. The molecule has 0 spiro atoms. The van der Waals surface area contributed by atoms with Gasteiger partial charge in [0.25, 0.3) is 0 Å². The highest BCUT2D eigenvalue weighted by atomic mass is 16.2. The largest absolute Gasteiger partial charge is 0.333 e. The molecule has 2 amide bonds. The molecule has 3 N–H and O–H groups in total. The Balaban J connectivity index is 2.94. The zero-order valence-electron chi connectivity index (χ0n) is 14.5. The Bertz CT molecular complexity index is 524. The first-order valence-corrected chi connectivity index (χ1v) is 7.71. The molecule has 0 fully saturated rings. The molecule has 1 rings (SSSR count). The van der Waals surface area contributed by atoms with Gasteiger partial charge in [-0.15, -0.1) is 0 Å². The maximum atomic E-state index is 11.9. The van der Waals surface area contributed by atoms with E-state index in [0.29, 0.717) is 0 Å². The van der Waals surface area contributed by atoms with E-state index in [1.54, 1.807) is 4.90 Å². The molecule has 22 heavy (non-hydrogen) atoms. The summed E-state index contributed by atoms with van der Waals surface area (Å²) < 4.78 is 0. The standard InChI is InChI=1S/C17H28N4O/c1-7-12-10-9-11-13(8-2)14(12)21(6)15(18)19-16(22)20-17(3,4)5/h9-11H,7-8H2,1-6H3,(H3,18,19,20,22). The zero-order valence-corrected chi connectivity index (χ0v) is 14.5. The zero-order chi connectivity index (χ0) is 16.9. The number of aryl methyl sites for hydroxylation is 2. The fourth-order valence-electron chi connectivity index (χ4n) is 2.32. The molecule has 1 aromatic carbocycles. The highest BCUT2D eigenvalue weighted by Gasteiger charge is 2.18. The van der Waals surface area contributed by atoms with Crippen molar-refractivity contribution in [3.05, 3.63) is 29.3 Å². The summed E-state index contributed by atoms with van der Waals surface area (Å²) in [7, 11) is 1.81. The first-order valence-electron chi connectivity index (χ1n) is 7.71. The van der Waals surface area contributed by atoms with Crippen LogP contribution in [0.15, 0.2) is 18.2 Å². The van der Waals surface area contributed by atoms with Crippen molar-refractivity contribution in [3.8, 4) is 0 Å². The van der Waals surface area contributed by atoms with Crippen molar-refractivity contribution in [2.24, 2.45) is 0 Å². The quantitative estimate of drug-likeness (QED) is 0.592. The van der Waals surface area contributed by atoms with E-state index in [9.17, 15) is 4.79 Å². The lowest BCUT2D eigenvalue weighted by Crippen LogP contribution is -2.51. The highest BCUT2D eigenvalue weighted by Crippen LogP contribution is 2.25. The van der Waals surface area contributed by atoms with E-state index >= 15 is 0 Å². The van der Waals surface area contributed by atoms with Crippen LogP contribution in [0, 0.1) is 5.41 Å². The number of para-hydroxylation sites is 1. The van der Waals surface area contributed by atoms with Crippen molar-refractivity contribution in [2.75, 3.05) is 11.9 Å². The summed E-state index contributed by atoms with van der Waals surface area (Å²) in [4.78, 5) is 13.7. The number of rotatable bonds is 3. The van der Waals surface area contributed by atoms with Gasteiger partial charge in [-0.2, -0.15) is 0 Å². The van der Waals surface area contributed by atoms with Crippen LogP contribution in [0.1, 0.15) is 45.7 Å². The van der Waals surface area contributed by atoms with E-state index in [1.807, 2.05) is 33.9 Å². The van der Waals surface area contributed by atoms with Gasteiger partial charge in [-0.1, -0.05) is 32.0 Å². The van der Waals surface area contributed by atoms with Crippen LogP contribution in [-0.2, 0) is 12.8 Å². The van der Waals surface area contributed by atoms with Gasteiger partial charge in [0, 0.05) is 18.3 Å². The molecule has 1 aromatic rings. The summed E-state index contributed by atoms with van der Waals surface area (Å²) in [5.41, 5.74) is 3.02. The number of carbonyl (C=O) groups is 1. The lowest BCUT2D eigenvalue weighted by molar-refractivity contribution is 0.236. The van der Waals surface area contributed by atoms with Gasteiger partial charge < -0.3 is 10.2 Å². The van der Waals surface area contributed by atoms with Crippen molar-refractivity contribution in [2.45, 2.75) is 53.0 Å². The van der Waals surface area contributed by atoms with E-state index in [-0.39, 0.29) is 17.5 Å². The Morgan fingerprint density at radius 2 is 1.68 bits per heavy atom. The molecule has 0 heterocycles. The molecule has 0 unspecified atom stereocenters. The molecule has 0 aromatic heterocycles. The number of anilines is 1. The SMILES string of the molecule is CCc1cccc(CC)c1N(C)C(=N)NC(=O)NC(C)(C)C. The van der Waals surface area contributed by atoms with Gasteiger partial charge in [0.2, 0.25) is 5.96 Å². The number of hydrogen-bond acceptors (Lipinski definition) is 2. The third-order valence-corrected chi connectivity index (χ3v) is 3.36. The van der Waals surface area contributed by atoms with E-state index in [4.69, 9.17) is 5.41 Å². The Labute approximate surface area is 133 Å². The van der Waals surface area contributed by atoms with Crippen molar-refractivity contribution >= 4 is 17.7 Å². The second-order valence-electron chi connectivity index (χ2n) is 6.37. The number of guanidine groups is 1. The average Bonchev–Trinajstić information content (AvgIpc) is 2.43. The Morgan fingerprint density at radius 1 is 1.18 bits per heavy atom. The molecule has 0 aliphatic carbocycles. The van der Waals surface area contributed by atoms with Crippen LogP contribution in [0.25, 0.3) is 0 Å². The van der Waals surface area contributed by atoms with Crippen LogP contribution in [0.2, 0.25) is 0 Å². The van der Waals surface area contributed by atoms with Crippen LogP contribution >= 0.6 is 0 Å². The summed E-state index contributed by atoms with van der Waals surface area (Å²) in [6.45, 7) is 9.90. The van der Waals surface area contributed by atoms with Gasteiger partial charge in [-0.25, -0.2) is 4.79 Å². The Kier molecular flexibility index (Phi) is 5.97. The lowest BCUT2D eigenvalue weighted by Gasteiger charge is -2.27. The number of nitrogens with zero attached hydrogens (tertiary/aromatic N) is 1. The van der Waals surface area contributed by atoms with Gasteiger partial charge in [0.15, 0.2) is 0 Å². The fourth-order valence-corrected chi connectivity index (χ4v) is 2.32. The third kappa shape index (κ3) is 4.76. The van der Waals surface area contributed by atoms with E-state index in [0.717, 1.165) is 18.5 Å². The minimum absolute atomic E-state index is 0.0670. The summed E-state index contributed by atoms with van der Waals surface area (Å²) in [5.74, 6) is 0.0670. The normalized spacial score (nSPS) is 11.0. The monoisotopic (exact) mass is 304 g/mol. The molecule has 0 aliphatic rings. The molecule has 0 bridgehead atoms. The van der Waals surface area contributed by atoms with Crippen LogP contribution in [0.5, 0.6) is 0 Å². The van der Waals surface area contributed by atoms with Crippen molar-refractivity contribution in [1.82, 2.24) is 10.6 Å². The summed E-state index contributed by atoms with van der Waals surface area (Å²) >= 11 is 0. The predicted octanol–water partition coefficient (Wildman–Crippen LogP) is 3.28. The Morgan fingerprint density at radius 3 is 2.09 bits per heavy atom. The van der Waals surface area contributed by atoms with Crippen molar-refractivity contribution in [3.63, 3.8) is 0 Å². The highest BCUT2D eigenvalue weighted by molar-refractivity contribution is 6.04. The molecular formula is C17H28N4O. The number of benzene rings is 1. The van der Waals surface area contributed by atoms with Crippen LogP contribution in [-0.4, -0.2) is 24.6 Å². The van der Waals surface area contributed by atoms with E-state index in [2.05, 4.69) is 36.6 Å². The first-order chi connectivity index (χ1) is 10.2. The summed E-state index contributed by atoms with van der Waals surface area (Å²) in [6, 6.07) is 5.80. The number of carbonyl (C=O) groups excluding carboxylic acids is 1. The molecule has 0 saturated carbocycles. The summed E-state index contributed by atoms with van der Waals surface area (Å²) in [5, 5.41) is 13.6. The Hall–Kier alpha value is -2.04. The van der Waals surface area contributed by atoms with Crippen LogP contribution in [0.3, 0.4) is 0 Å². The molecule has 0 aliphatic heterocycles. The van der Waals surface area contributed by atoms with Crippen molar-refractivity contribution in [1.29, 1.82) is 5.41 Å². The molecule has 5 nitrogen and oxygen atoms in total. The molecule has 5 heteroatoms. The molecular weight excluding hydrogens is 276 g/mol. The minimum Gasteiger partial charge on any atom is -0.333 e. The first kappa shape index (κ1) is 18.0. The second kappa shape index (κ2) is 7.29. The molecule has 0 atom stereocenters. The number of urea groups is 1. The van der Waals surface area contributed by atoms with Gasteiger partial charge in [-0.05, 0) is 44.7 Å². The maximum absolute atomic E-state index is 11.9. The second-order valence-corrected chi connectivity index (χ2v) is 6.37. The summed E-state index contributed by atoms with van der Waals surface area (Å²) in [6.07, 6.45) is 1.77. The third-order valence-electron chi connectivity index (χ3n) is 3.36. The fraction of sp³-hybridized carbons (Fsp3) is 0.529. The maximum Gasteiger partial charge on any atom is 0.321 e. The topological polar surface area (TPSA) is 68.2 Å². The van der Waals surface area contributed by atoms with Gasteiger partial charge in [0.05, 0.1) is 0 Å². The van der Waals surface area contributed by atoms with Crippen molar-refractivity contribution < 1.29 is 4.79 Å².